The zero-order chi connectivity index (χ0) is 21.1. The molecule has 30 heavy (non-hydrogen) atoms. The quantitative estimate of drug-likeness (QED) is 0.562. The van der Waals surface area contributed by atoms with E-state index in [0.29, 0.717) is 5.37 Å². The van der Waals surface area contributed by atoms with Crippen LogP contribution in [0.5, 0.6) is 0 Å². The number of anilines is 2. The number of fused-ring (bicyclic) bond motifs is 2. The summed E-state index contributed by atoms with van der Waals surface area (Å²) < 4.78 is 1.01. The lowest BCUT2D eigenvalue weighted by Gasteiger charge is -2.29. The van der Waals surface area contributed by atoms with Gasteiger partial charge in [-0.25, -0.2) is 0 Å². The third-order valence-electron chi connectivity index (χ3n) is 5.61. The molecule has 0 radical (unpaired) electrons. The summed E-state index contributed by atoms with van der Waals surface area (Å²) in [4.78, 5) is 6.09. The molecule has 2 aliphatic rings. The molecule has 0 fully saturated rings. The van der Waals surface area contributed by atoms with E-state index in [-0.39, 0.29) is 0 Å². The van der Waals surface area contributed by atoms with Crippen LogP contribution in [-0.2, 0) is 0 Å². The minimum Gasteiger partial charge on any atom is -0.358 e. The van der Waals surface area contributed by atoms with Crippen molar-refractivity contribution in [3.63, 3.8) is 0 Å². The molecule has 0 N–H and O–H groups in total. The van der Waals surface area contributed by atoms with Gasteiger partial charge in [0, 0.05) is 42.4 Å². The normalized spacial score (nSPS) is 19.6. The van der Waals surface area contributed by atoms with Crippen molar-refractivity contribution in [2.75, 3.05) is 51.1 Å². The zero-order valence-electron chi connectivity index (χ0n) is 18.5. The van der Waals surface area contributed by atoms with Gasteiger partial charge in [0.25, 0.3) is 0 Å². The van der Waals surface area contributed by atoms with Gasteiger partial charge in [0.2, 0.25) is 0 Å². The van der Waals surface area contributed by atoms with Crippen LogP contribution in [0.2, 0.25) is 0 Å². The summed E-state index contributed by atoms with van der Waals surface area (Å²) in [5.74, 6) is 0. The first-order chi connectivity index (χ1) is 14.4. The van der Waals surface area contributed by atoms with Gasteiger partial charge in [-0.3, -0.25) is 0 Å². The maximum absolute atomic E-state index is 2.39. The number of nitrogens with zero attached hydrogens (tertiary/aromatic N) is 3. The molecule has 2 heterocycles. The van der Waals surface area contributed by atoms with E-state index in [1.54, 1.807) is 0 Å². The Labute approximate surface area is 185 Å². The molecule has 1 unspecified atom stereocenters. The molecule has 2 aromatic carbocycles. The Kier molecular flexibility index (Phi) is 6.07. The lowest BCUT2D eigenvalue weighted by atomic mass is 9.99. The van der Waals surface area contributed by atoms with Crippen LogP contribution in [0.3, 0.4) is 0 Å². The summed E-state index contributed by atoms with van der Waals surface area (Å²) in [7, 11) is 8.94. The van der Waals surface area contributed by atoms with E-state index < -0.39 is 0 Å². The highest BCUT2D eigenvalue weighted by Crippen LogP contribution is 2.42. The van der Waals surface area contributed by atoms with E-state index >= 15 is 0 Å². The first-order valence-electron chi connectivity index (χ1n) is 10.6. The van der Waals surface area contributed by atoms with Crippen molar-refractivity contribution in [3.05, 3.63) is 84.6 Å². The number of allylic oxidation sites excluding steroid dienone is 4. The predicted octanol–water partition coefficient (Wildman–Crippen LogP) is 5.62. The number of rotatable bonds is 6. The summed E-state index contributed by atoms with van der Waals surface area (Å²) in [6, 6.07) is 17.4. The predicted molar refractivity (Wildman–Crippen MR) is 132 cm³/mol. The highest BCUT2D eigenvalue weighted by Gasteiger charge is 2.24. The minimum absolute atomic E-state index is 0.342. The van der Waals surface area contributed by atoms with Gasteiger partial charge in [0.1, 0.15) is 0 Å². The summed E-state index contributed by atoms with van der Waals surface area (Å²) in [6.45, 7) is 2.22. The highest BCUT2D eigenvalue weighted by molar-refractivity contribution is 8.00. The van der Waals surface area contributed by atoms with E-state index in [4.69, 9.17) is 0 Å². The first kappa shape index (κ1) is 20.8. The Bertz CT molecular complexity index is 984. The SMILES string of the molecule is CN1c2ccccc2SC1C=CC=C1C=CN(CCC[N+](C)(C)C)c2ccccc21. The monoisotopic (exact) mass is 418 g/mol. The van der Waals surface area contributed by atoms with E-state index in [0.717, 1.165) is 11.0 Å². The van der Waals surface area contributed by atoms with Crippen molar-refractivity contribution in [1.82, 2.24) is 0 Å². The standard InChI is InChI=1S/C26H32N3S/c1-27-24-14-7-8-15-25(24)30-26(27)16-9-11-21-17-19-28(18-10-20-29(2,3)4)23-13-6-5-12-22(21)23/h5-9,11-17,19,26H,10,18,20H2,1-4H3/q+1. The maximum atomic E-state index is 2.39. The lowest BCUT2D eigenvalue weighted by molar-refractivity contribution is -0.870. The number of benzene rings is 2. The molecule has 0 spiro atoms. The average Bonchev–Trinajstić information content (AvgIpc) is 3.04. The number of para-hydroxylation sites is 2. The Morgan fingerprint density at radius 2 is 1.73 bits per heavy atom. The van der Waals surface area contributed by atoms with Gasteiger partial charge >= 0.3 is 0 Å². The number of likely N-dealkylation sites (N-methyl/N-ethyl adjacent to an activating group) is 1. The Morgan fingerprint density at radius 3 is 2.50 bits per heavy atom. The summed E-state index contributed by atoms with van der Waals surface area (Å²) in [6.07, 6.45) is 12.4. The Hall–Kier alpha value is -2.43. The van der Waals surface area contributed by atoms with Gasteiger partial charge in [-0.2, -0.15) is 0 Å². The Balaban J connectivity index is 1.47. The molecule has 0 saturated carbocycles. The molecule has 2 aromatic rings. The van der Waals surface area contributed by atoms with Gasteiger partial charge in [-0.15, -0.1) is 0 Å². The number of quaternary nitrogens is 1. The molecule has 3 nitrogen and oxygen atoms in total. The second kappa shape index (κ2) is 8.75. The fourth-order valence-electron chi connectivity index (χ4n) is 3.98. The molecule has 2 aliphatic heterocycles. The fraction of sp³-hybridized carbons (Fsp3) is 0.308. The highest BCUT2D eigenvalue weighted by atomic mass is 32.2. The molecule has 0 aliphatic carbocycles. The van der Waals surface area contributed by atoms with E-state index in [1.165, 1.54) is 40.4 Å². The molecule has 4 heteroatoms. The zero-order valence-corrected chi connectivity index (χ0v) is 19.3. The second-order valence-corrected chi connectivity index (χ2v) is 10.1. The molecular weight excluding hydrogens is 386 g/mol. The van der Waals surface area contributed by atoms with Crippen LogP contribution in [0.25, 0.3) is 5.57 Å². The van der Waals surface area contributed by atoms with Gasteiger partial charge in [-0.05, 0) is 29.8 Å². The number of hydrogen-bond donors (Lipinski definition) is 0. The van der Waals surface area contributed by atoms with Crippen molar-refractivity contribution in [2.45, 2.75) is 16.7 Å². The first-order valence-corrected chi connectivity index (χ1v) is 11.5. The average molecular weight is 419 g/mol. The molecule has 4 rings (SSSR count). The molecule has 0 bridgehead atoms. The molecule has 0 aromatic heterocycles. The smallest absolute Gasteiger partial charge is 0.0982 e. The van der Waals surface area contributed by atoms with E-state index in [2.05, 4.69) is 117 Å². The number of thioether (sulfide) groups is 1. The lowest BCUT2D eigenvalue weighted by Crippen LogP contribution is -2.37. The number of hydrogen-bond acceptors (Lipinski definition) is 3. The molecule has 156 valence electrons. The van der Waals surface area contributed by atoms with Crippen LogP contribution in [0.1, 0.15) is 12.0 Å². The summed E-state index contributed by atoms with van der Waals surface area (Å²) >= 11 is 1.91. The van der Waals surface area contributed by atoms with Crippen molar-refractivity contribution < 1.29 is 4.48 Å². The van der Waals surface area contributed by atoms with Crippen LogP contribution in [0.15, 0.2) is 83.9 Å². The van der Waals surface area contributed by atoms with Crippen molar-refractivity contribution in [3.8, 4) is 0 Å². The van der Waals surface area contributed by atoms with Crippen LogP contribution >= 0.6 is 11.8 Å². The van der Waals surface area contributed by atoms with Crippen molar-refractivity contribution in [1.29, 1.82) is 0 Å². The summed E-state index contributed by atoms with van der Waals surface area (Å²) in [5, 5.41) is 0.342. The third kappa shape index (κ3) is 4.66. The molecule has 1 atom stereocenters. The van der Waals surface area contributed by atoms with Crippen LogP contribution in [0.4, 0.5) is 11.4 Å². The fourth-order valence-corrected chi connectivity index (χ4v) is 5.17. The van der Waals surface area contributed by atoms with Crippen molar-refractivity contribution in [2.24, 2.45) is 0 Å². The van der Waals surface area contributed by atoms with Crippen LogP contribution in [-0.4, -0.2) is 51.1 Å². The third-order valence-corrected chi connectivity index (χ3v) is 6.93. The van der Waals surface area contributed by atoms with Crippen molar-refractivity contribution >= 4 is 28.7 Å². The van der Waals surface area contributed by atoms with Crippen LogP contribution in [0, 0.1) is 0 Å². The topological polar surface area (TPSA) is 6.48 Å². The molecule has 0 amide bonds. The molecular formula is C26H32N3S+. The maximum Gasteiger partial charge on any atom is 0.0982 e. The van der Waals surface area contributed by atoms with Gasteiger partial charge < -0.3 is 14.3 Å². The van der Waals surface area contributed by atoms with Crippen LogP contribution < -0.4 is 9.80 Å². The second-order valence-electron chi connectivity index (χ2n) is 8.99. The van der Waals surface area contributed by atoms with Gasteiger partial charge in [0.15, 0.2) is 0 Å². The van der Waals surface area contributed by atoms with Gasteiger partial charge in [0.05, 0.1) is 38.7 Å². The minimum atomic E-state index is 0.342. The molecule has 0 saturated heterocycles. The Morgan fingerprint density at radius 1 is 1.00 bits per heavy atom. The summed E-state index contributed by atoms with van der Waals surface area (Å²) in [5.41, 5.74) is 5.21. The largest absolute Gasteiger partial charge is 0.358 e. The van der Waals surface area contributed by atoms with E-state index in [1.807, 2.05) is 11.8 Å². The van der Waals surface area contributed by atoms with Gasteiger partial charge in [-0.1, -0.05) is 60.3 Å². The van der Waals surface area contributed by atoms with E-state index in [9.17, 15) is 0 Å².